The molecule has 1 aromatic carbocycles. The summed E-state index contributed by atoms with van der Waals surface area (Å²) in [5.74, 6) is -0.617. The summed E-state index contributed by atoms with van der Waals surface area (Å²) >= 11 is 0. The van der Waals surface area contributed by atoms with Crippen molar-refractivity contribution in [2.24, 2.45) is 0 Å². The van der Waals surface area contributed by atoms with Gasteiger partial charge in [-0.15, -0.1) is 0 Å². The van der Waals surface area contributed by atoms with Gasteiger partial charge in [0.1, 0.15) is 0 Å². The van der Waals surface area contributed by atoms with Crippen LogP contribution in [0.4, 0.5) is 13.2 Å². The van der Waals surface area contributed by atoms with Gasteiger partial charge in [0.05, 0.1) is 33.6 Å². The maximum atomic E-state index is 13.6. The fraction of sp³-hybridized carbons (Fsp3) is 0.292. The smallest absolute Gasteiger partial charge is 0.351 e. The van der Waals surface area contributed by atoms with Crippen LogP contribution in [0.15, 0.2) is 45.4 Å². The lowest BCUT2D eigenvalue weighted by molar-refractivity contribution is -0.137. The summed E-state index contributed by atoms with van der Waals surface area (Å²) in [6.45, 7) is 4.29. The Morgan fingerprint density at radius 2 is 1.58 bits per heavy atom. The fourth-order valence-corrected chi connectivity index (χ4v) is 4.26. The topological polar surface area (TPSA) is 106 Å². The van der Waals surface area contributed by atoms with Crippen molar-refractivity contribution >= 4 is 22.9 Å². The number of aryl methyl sites for hydroxylation is 2. The van der Waals surface area contributed by atoms with E-state index >= 15 is 0 Å². The van der Waals surface area contributed by atoms with Crippen molar-refractivity contribution in [3.63, 3.8) is 0 Å². The van der Waals surface area contributed by atoms with Crippen LogP contribution in [0.2, 0.25) is 0 Å². The number of hydrogen-bond donors (Lipinski definition) is 0. The minimum Gasteiger partial charge on any atom is -0.351 e. The van der Waals surface area contributed by atoms with E-state index in [1.54, 1.807) is 24.8 Å². The van der Waals surface area contributed by atoms with E-state index in [2.05, 4.69) is 15.3 Å². The Hall–Kier alpha value is -4.22. The standard InChI is InChI=1S/C24H20F3N5O4/c1-13-11-19(35-29-13)23(34)32-9-7-31(8-10-32)22(33)16-12-18(28-21-20(16)14(2)30-36-21)15-5-3-4-6-17(15)24(25,26)27/h3-6,11-12H,7-10H2,1-2H3. The van der Waals surface area contributed by atoms with Gasteiger partial charge in [-0.1, -0.05) is 28.5 Å². The number of aromatic nitrogens is 3. The number of carbonyl (C=O) groups is 2. The van der Waals surface area contributed by atoms with Crippen LogP contribution >= 0.6 is 0 Å². The molecule has 2 amide bonds. The molecule has 9 nitrogen and oxygen atoms in total. The summed E-state index contributed by atoms with van der Waals surface area (Å²) < 4.78 is 51.2. The number of benzene rings is 1. The first-order valence-corrected chi connectivity index (χ1v) is 11.1. The number of piperazine rings is 1. The van der Waals surface area contributed by atoms with E-state index < -0.39 is 17.6 Å². The molecule has 5 rings (SSSR count). The second-order valence-corrected chi connectivity index (χ2v) is 8.46. The Labute approximate surface area is 202 Å². The van der Waals surface area contributed by atoms with E-state index in [0.717, 1.165) is 6.07 Å². The molecule has 1 aliphatic heterocycles. The van der Waals surface area contributed by atoms with Crippen molar-refractivity contribution in [3.8, 4) is 11.3 Å². The number of fused-ring (bicyclic) bond motifs is 1. The van der Waals surface area contributed by atoms with E-state index in [0.29, 0.717) is 16.8 Å². The van der Waals surface area contributed by atoms with Gasteiger partial charge < -0.3 is 18.8 Å². The number of carbonyl (C=O) groups excluding carboxylic acids is 2. The van der Waals surface area contributed by atoms with Gasteiger partial charge in [0.25, 0.3) is 17.5 Å². The average molecular weight is 499 g/mol. The fourth-order valence-electron chi connectivity index (χ4n) is 4.26. The van der Waals surface area contributed by atoms with Gasteiger partial charge in [-0.05, 0) is 26.0 Å². The average Bonchev–Trinajstić information content (AvgIpc) is 3.47. The summed E-state index contributed by atoms with van der Waals surface area (Å²) in [4.78, 5) is 33.5. The van der Waals surface area contributed by atoms with Crippen LogP contribution in [0.3, 0.4) is 0 Å². The zero-order chi connectivity index (χ0) is 25.6. The number of hydrogen-bond acceptors (Lipinski definition) is 7. The van der Waals surface area contributed by atoms with Crippen LogP contribution in [-0.4, -0.2) is 63.1 Å². The minimum atomic E-state index is -4.61. The lowest BCUT2D eigenvalue weighted by Gasteiger charge is -2.34. The molecule has 4 aromatic rings. The highest BCUT2D eigenvalue weighted by molar-refractivity contribution is 6.07. The Balaban J connectivity index is 1.46. The minimum absolute atomic E-state index is 0.0279. The van der Waals surface area contributed by atoms with Crippen molar-refractivity contribution in [2.75, 3.05) is 26.2 Å². The normalized spacial score (nSPS) is 14.5. The molecule has 0 N–H and O–H groups in total. The first-order valence-electron chi connectivity index (χ1n) is 11.1. The van der Waals surface area contributed by atoms with Gasteiger partial charge in [-0.25, -0.2) is 4.98 Å². The zero-order valence-corrected chi connectivity index (χ0v) is 19.3. The third kappa shape index (κ3) is 4.18. The maximum Gasteiger partial charge on any atom is 0.417 e. The molecule has 0 saturated carbocycles. The molecule has 0 unspecified atom stereocenters. The largest absolute Gasteiger partial charge is 0.417 e. The van der Waals surface area contributed by atoms with Crippen molar-refractivity contribution in [1.82, 2.24) is 25.1 Å². The third-order valence-electron chi connectivity index (χ3n) is 6.05. The highest BCUT2D eigenvalue weighted by Crippen LogP contribution is 2.37. The molecule has 1 aliphatic rings. The van der Waals surface area contributed by atoms with E-state index in [-0.39, 0.29) is 60.4 Å². The summed E-state index contributed by atoms with van der Waals surface area (Å²) in [6.07, 6.45) is -4.61. The summed E-state index contributed by atoms with van der Waals surface area (Å²) in [6, 6.07) is 7.90. The van der Waals surface area contributed by atoms with Gasteiger partial charge in [-0.2, -0.15) is 13.2 Å². The maximum absolute atomic E-state index is 13.6. The van der Waals surface area contributed by atoms with Gasteiger partial charge >= 0.3 is 6.18 Å². The highest BCUT2D eigenvalue weighted by Gasteiger charge is 2.35. The molecule has 12 heteroatoms. The highest BCUT2D eigenvalue weighted by atomic mass is 19.4. The molecule has 3 aromatic heterocycles. The van der Waals surface area contributed by atoms with Crippen molar-refractivity contribution < 1.29 is 31.8 Å². The van der Waals surface area contributed by atoms with Crippen LogP contribution < -0.4 is 0 Å². The molecule has 36 heavy (non-hydrogen) atoms. The SMILES string of the molecule is Cc1cc(C(=O)N2CCN(C(=O)c3cc(-c4ccccc4C(F)(F)F)nc4onc(C)c34)CC2)on1. The van der Waals surface area contributed by atoms with Crippen LogP contribution in [0.5, 0.6) is 0 Å². The quantitative estimate of drug-likeness (QED) is 0.418. The number of amides is 2. The van der Waals surface area contributed by atoms with Gasteiger partial charge in [-0.3, -0.25) is 9.59 Å². The predicted octanol–water partition coefficient (Wildman–Crippen LogP) is 4.11. The van der Waals surface area contributed by atoms with Gasteiger partial charge in [0, 0.05) is 37.8 Å². The van der Waals surface area contributed by atoms with Crippen molar-refractivity contribution in [2.45, 2.75) is 20.0 Å². The molecule has 0 radical (unpaired) electrons. The first-order chi connectivity index (χ1) is 17.1. The molecule has 0 bridgehead atoms. The Kier molecular flexibility index (Phi) is 5.73. The summed E-state index contributed by atoms with van der Waals surface area (Å²) in [7, 11) is 0. The lowest BCUT2D eigenvalue weighted by atomic mass is 10.00. The number of alkyl halides is 3. The third-order valence-corrected chi connectivity index (χ3v) is 6.05. The second-order valence-electron chi connectivity index (χ2n) is 8.46. The molecule has 0 spiro atoms. The van der Waals surface area contributed by atoms with Crippen molar-refractivity contribution in [3.05, 3.63) is 64.7 Å². The molecule has 0 atom stereocenters. The molecule has 4 heterocycles. The van der Waals surface area contributed by atoms with Crippen molar-refractivity contribution in [1.29, 1.82) is 0 Å². The molecule has 186 valence electrons. The number of halogens is 3. The van der Waals surface area contributed by atoms with E-state index in [9.17, 15) is 22.8 Å². The summed E-state index contributed by atoms with van der Waals surface area (Å²) in [5.41, 5.74) is -0.0125. The van der Waals surface area contributed by atoms with E-state index in [1.165, 1.54) is 29.2 Å². The molecule has 1 fully saturated rings. The van der Waals surface area contributed by atoms with Crippen LogP contribution in [0.1, 0.15) is 37.9 Å². The number of pyridine rings is 1. The van der Waals surface area contributed by atoms with E-state index in [1.807, 2.05) is 0 Å². The second kappa shape index (κ2) is 8.77. The number of rotatable bonds is 3. The lowest BCUT2D eigenvalue weighted by Crippen LogP contribution is -2.50. The Morgan fingerprint density at radius 1 is 0.917 bits per heavy atom. The molecule has 1 saturated heterocycles. The monoisotopic (exact) mass is 499 g/mol. The number of nitrogens with zero attached hydrogens (tertiary/aromatic N) is 5. The Bertz CT molecular complexity index is 1470. The zero-order valence-electron chi connectivity index (χ0n) is 19.3. The molecule has 0 aliphatic carbocycles. The van der Waals surface area contributed by atoms with Crippen LogP contribution in [-0.2, 0) is 6.18 Å². The first kappa shape index (κ1) is 23.5. The van der Waals surface area contributed by atoms with Crippen LogP contribution in [0, 0.1) is 13.8 Å². The molecular weight excluding hydrogens is 479 g/mol. The van der Waals surface area contributed by atoms with Gasteiger partial charge in [0.2, 0.25) is 5.76 Å². The van der Waals surface area contributed by atoms with E-state index in [4.69, 9.17) is 9.05 Å². The molecular formula is C24H20F3N5O4. The van der Waals surface area contributed by atoms with Gasteiger partial charge in [0.15, 0.2) is 0 Å². The Morgan fingerprint density at radius 3 is 2.22 bits per heavy atom. The van der Waals surface area contributed by atoms with Crippen LogP contribution in [0.25, 0.3) is 22.4 Å². The summed E-state index contributed by atoms with van der Waals surface area (Å²) in [5, 5.41) is 7.92. The predicted molar refractivity (Wildman–Crippen MR) is 120 cm³/mol.